The van der Waals surface area contributed by atoms with Crippen LogP contribution in [0.1, 0.15) is 0 Å². The lowest BCUT2D eigenvalue weighted by Gasteiger charge is -2.12. The maximum absolute atomic E-state index is 5.16. The summed E-state index contributed by atoms with van der Waals surface area (Å²) in [5.74, 6) is 0. The van der Waals surface area contributed by atoms with Gasteiger partial charge in [-0.2, -0.15) is 0 Å². The highest BCUT2D eigenvalue weighted by atomic mass is 15.0. The number of aromatic nitrogens is 5. The van der Waals surface area contributed by atoms with Crippen LogP contribution in [0.15, 0.2) is 152 Å². The fourth-order valence-corrected chi connectivity index (χ4v) is 6.17. The smallest absolute Gasteiger partial charge is 0.146 e. The van der Waals surface area contributed by atoms with Crippen molar-refractivity contribution in [2.24, 2.45) is 0 Å². The summed E-state index contributed by atoms with van der Waals surface area (Å²) in [5, 5.41) is 3.30. The van der Waals surface area contributed by atoms with E-state index in [0.717, 1.165) is 77.9 Å². The first-order valence-electron chi connectivity index (χ1n) is 14.7. The van der Waals surface area contributed by atoms with Crippen LogP contribution in [0.5, 0.6) is 0 Å². The molecule has 206 valence electrons. The summed E-state index contributed by atoms with van der Waals surface area (Å²) < 4.78 is 4.17. The van der Waals surface area contributed by atoms with Gasteiger partial charge in [-0.3, -0.25) is 0 Å². The van der Waals surface area contributed by atoms with Crippen molar-refractivity contribution in [2.75, 3.05) is 0 Å². The van der Waals surface area contributed by atoms with Crippen molar-refractivity contribution in [3.05, 3.63) is 152 Å². The molecule has 0 spiro atoms. The van der Waals surface area contributed by atoms with Crippen molar-refractivity contribution in [2.45, 2.75) is 0 Å². The first-order chi connectivity index (χ1) is 21.8. The minimum absolute atomic E-state index is 0.934. The van der Waals surface area contributed by atoms with Crippen LogP contribution in [0.25, 0.3) is 77.9 Å². The Hall–Kier alpha value is -6.07. The lowest BCUT2D eigenvalue weighted by Crippen LogP contribution is -1.93. The number of hydrogen-bond donors (Lipinski definition) is 0. The maximum atomic E-state index is 5.16. The quantitative estimate of drug-likeness (QED) is 0.200. The van der Waals surface area contributed by atoms with Crippen LogP contribution in [0.2, 0.25) is 0 Å². The average Bonchev–Trinajstić information content (AvgIpc) is 3.74. The van der Waals surface area contributed by atoms with Gasteiger partial charge in [-0.25, -0.2) is 15.0 Å². The van der Waals surface area contributed by atoms with E-state index in [1.165, 1.54) is 0 Å². The van der Waals surface area contributed by atoms with E-state index in [-0.39, 0.29) is 0 Å². The Labute approximate surface area is 253 Å². The summed E-state index contributed by atoms with van der Waals surface area (Å²) in [6, 6.07) is 44.2. The summed E-state index contributed by atoms with van der Waals surface area (Å²) in [4.78, 5) is 15.0. The third-order valence-corrected chi connectivity index (χ3v) is 8.39. The lowest BCUT2D eigenvalue weighted by atomic mass is 9.98. The Balaban J connectivity index is 1.12. The highest BCUT2D eigenvalue weighted by molar-refractivity contribution is 6.16. The highest BCUT2D eigenvalue weighted by Gasteiger charge is 2.16. The number of hydrogen-bond acceptors (Lipinski definition) is 3. The van der Waals surface area contributed by atoms with Gasteiger partial charge in [0.2, 0.25) is 0 Å². The number of fused-ring (bicyclic) bond motifs is 6. The van der Waals surface area contributed by atoms with E-state index in [1.807, 2.05) is 53.1 Å². The standard InChI is InChI=1S/C39H25N5/c1-2-8-28(9-3-1)35-25-44-23-21-32-37(39(44)42-35)31-10-4-5-11-33(31)41-38(32)30-19-15-27(16-20-30)26-13-17-29(18-14-26)34-24-43-22-7-6-12-36(43)40-34/h1-25H. The fraction of sp³-hybridized carbons (Fsp3) is 0. The van der Waals surface area contributed by atoms with Gasteiger partial charge in [0.1, 0.15) is 11.3 Å². The molecule has 5 aromatic heterocycles. The topological polar surface area (TPSA) is 47.5 Å². The molecule has 0 amide bonds. The molecule has 0 unspecified atom stereocenters. The fourth-order valence-electron chi connectivity index (χ4n) is 6.17. The largest absolute Gasteiger partial charge is 0.306 e. The van der Waals surface area contributed by atoms with E-state index in [2.05, 4.69) is 108 Å². The van der Waals surface area contributed by atoms with Gasteiger partial charge in [0, 0.05) is 57.6 Å². The zero-order chi connectivity index (χ0) is 29.0. The molecule has 5 nitrogen and oxygen atoms in total. The summed E-state index contributed by atoms with van der Waals surface area (Å²) in [5.41, 5.74) is 11.3. The predicted molar refractivity (Wildman–Crippen MR) is 178 cm³/mol. The number of benzene rings is 4. The average molecular weight is 564 g/mol. The van der Waals surface area contributed by atoms with Crippen molar-refractivity contribution in [3.8, 4) is 44.9 Å². The molecule has 44 heavy (non-hydrogen) atoms. The molecule has 9 aromatic rings. The number of imidazole rings is 2. The van der Waals surface area contributed by atoms with Crippen molar-refractivity contribution in [1.82, 2.24) is 23.8 Å². The molecule has 9 rings (SSSR count). The summed E-state index contributed by atoms with van der Waals surface area (Å²) in [6.45, 7) is 0. The van der Waals surface area contributed by atoms with Crippen molar-refractivity contribution >= 4 is 33.0 Å². The Morgan fingerprint density at radius 3 is 1.84 bits per heavy atom. The molecule has 0 saturated carbocycles. The first kappa shape index (κ1) is 24.5. The monoisotopic (exact) mass is 563 g/mol. The van der Waals surface area contributed by atoms with Gasteiger partial charge in [-0.05, 0) is 35.4 Å². The summed E-state index contributed by atoms with van der Waals surface area (Å²) >= 11 is 0. The first-order valence-corrected chi connectivity index (χ1v) is 14.7. The van der Waals surface area contributed by atoms with Gasteiger partial charge < -0.3 is 8.80 Å². The second-order valence-corrected chi connectivity index (χ2v) is 11.1. The minimum atomic E-state index is 0.934. The van der Waals surface area contributed by atoms with Gasteiger partial charge in [0.05, 0.1) is 22.6 Å². The molecule has 5 heterocycles. The van der Waals surface area contributed by atoms with Gasteiger partial charge >= 0.3 is 0 Å². The molecule has 5 heteroatoms. The van der Waals surface area contributed by atoms with E-state index >= 15 is 0 Å². The highest BCUT2D eigenvalue weighted by Crippen LogP contribution is 2.36. The molecule has 0 bridgehead atoms. The number of pyridine rings is 3. The maximum Gasteiger partial charge on any atom is 0.146 e. The van der Waals surface area contributed by atoms with Crippen LogP contribution in [0.4, 0.5) is 0 Å². The minimum Gasteiger partial charge on any atom is -0.306 e. The van der Waals surface area contributed by atoms with Crippen LogP contribution in [-0.2, 0) is 0 Å². The molecule has 0 aliphatic heterocycles. The Bertz CT molecular complexity index is 2440. The summed E-state index contributed by atoms with van der Waals surface area (Å²) in [7, 11) is 0. The molecular formula is C39H25N5. The Morgan fingerprint density at radius 1 is 0.409 bits per heavy atom. The van der Waals surface area contributed by atoms with E-state index in [9.17, 15) is 0 Å². The van der Waals surface area contributed by atoms with Crippen molar-refractivity contribution in [1.29, 1.82) is 0 Å². The third-order valence-electron chi connectivity index (χ3n) is 8.39. The van der Waals surface area contributed by atoms with Gasteiger partial charge in [-0.15, -0.1) is 0 Å². The number of para-hydroxylation sites is 1. The zero-order valence-corrected chi connectivity index (χ0v) is 23.7. The van der Waals surface area contributed by atoms with Gasteiger partial charge in [0.25, 0.3) is 0 Å². The normalized spacial score (nSPS) is 11.6. The Morgan fingerprint density at radius 2 is 1.05 bits per heavy atom. The molecule has 0 aliphatic rings. The van der Waals surface area contributed by atoms with Gasteiger partial charge in [-0.1, -0.05) is 103 Å². The number of nitrogens with zero attached hydrogens (tertiary/aromatic N) is 5. The lowest BCUT2D eigenvalue weighted by molar-refractivity contribution is 1.19. The van der Waals surface area contributed by atoms with E-state index in [1.54, 1.807) is 0 Å². The molecule has 4 aromatic carbocycles. The van der Waals surface area contributed by atoms with Crippen LogP contribution in [-0.4, -0.2) is 23.8 Å². The van der Waals surface area contributed by atoms with Crippen LogP contribution in [0, 0.1) is 0 Å². The predicted octanol–water partition coefficient (Wildman–Crippen LogP) is 9.35. The third kappa shape index (κ3) is 3.98. The number of rotatable bonds is 4. The molecule has 0 N–H and O–H groups in total. The second kappa shape index (κ2) is 9.75. The molecule has 0 atom stereocenters. The molecule has 0 radical (unpaired) electrons. The molecular weight excluding hydrogens is 538 g/mol. The second-order valence-electron chi connectivity index (χ2n) is 11.1. The van der Waals surface area contributed by atoms with E-state index < -0.39 is 0 Å². The Kier molecular flexibility index (Phi) is 5.43. The van der Waals surface area contributed by atoms with Crippen LogP contribution >= 0.6 is 0 Å². The molecule has 0 fully saturated rings. The molecule has 0 aliphatic carbocycles. The summed E-state index contributed by atoms with van der Waals surface area (Å²) in [6.07, 6.45) is 8.29. The zero-order valence-electron chi connectivity index (χ0n) is 23.7. The van der Waals surface area contributed by atoms with Crippen molar-refractivity contribution < 1.29 is 0 Å². The van der Waals surface area contributed by atoms with Crippen LogP contribution in [0.3, 0.4) is 0 Å². The SMILES string of the molecule is c1ccc(-c2cn3ccc4c(-c5ccc(-c6ccc(-c7cn8ccccc8n7)cc6)cc5)nc5ccccc5c4c3n2)cc1. The van der Waals surface area contributed by atoms with Gasteiger partial charge in [0.15, 0.2) is 0 Å². The van der Waals surface area contributed by atoms with Crippen molar-refractivity contribution in [3.63, 3.8) is 0 Å². The van der Waals surface area contributed by atoms with Crippen LogP contribution < -0.4 is 0 Å². The molecule has 0 saturated heterocycles. The van der Waals surface area contributed by atoms with E-state index in [0.29, 0.717) is 0 Å². The van der Waals surface area contributed by atoms with E-state index in [4.69, 9.17) is 15.0 Å².